The summed E-state index contributed by atoms with van der Waals surface area (Å²) in [5.74, 6) is -1.06. The topological polar surface area (TPSA) is 139 Å². The Labute approximate surface area is 120 Å². The zero-order valence-electron chi connectivity index (χ0n) is 11.0. The molecule has 116 valence electrons. The molecule has 0 bridgehead atoms. The van der Waals surface area contributed by atoms with Crippen LogP contribution in [0, 0.1) is 0 Å². The van der Waals surface area contributed by atoms with E-state index in [1.54, 1.807) is 0 Å². The van der Waals surface area contributed by atoms with Gasteiger partial charge in [-0.15, -0.1) is 0 Å². The molecule has 2 rings (SSSR count). The van der Waals surface area contributed by atoms with E-state index in [2.05, 4.69) is 5.32 Å². The van der Waals surface area contributed by atoms with Crippen molar-refractivity contribution in [2.75, 3.05) is 11.9 Å². The quantitative estimate of drug-likeness (QED) is 0.399. The van der Waals surface area contributed by atoms with Crippen LogP contribution in [-0.2, 0) is 4.74 Å². The van der Waals surface area contributed by atoms with Crippen molar-refractivity contribution >= 4 is 11.7 Å². The van der Waals surface area contributed by atoms with Gasteiger partial charge in [0.25, 0.3) is 0 Å². The molecule has 1 heterocycles. The average Bonchev–Trinajstić information content (AvgIpc) is 2.48. The molecular formula is C13H17NO7. The molecule has 1 fully saturated rings. The number of carbonyl (C=O) groups is 1. The lowest BCUT2D eigenvalue weighted by Gasteiger charge is -2.40. The first kappa shape index (κ1) is 15.7. The molecule has 21 heavy (non-hydrogen) atoms. The third-order valence-corrected chi connectivity index (χ3v) is 3.33. The zero-order chi connectivity index (χ0) is 15.6. The van der Waals surface area contributed by atoms with Crippen molar-refractivity contribution in [3.05, 3.63) is 29.8 Å². The third-order valence-electron chi connectivity index (χ3n) is 3.33. The van der Waals surface area contributed by atoms with Crippen LogP contribution >= 0.6 is 0 Å². The molecule has 5 atom stereocenters. The Morgan fingerprint density at radius 2 is 1.71 bits per heavy atom. The van der Waals surface area contributed by atoms with Crippen LogP contribution in [0.4, 0.5) is 5.69 Å². The van der Waals surface area contributed by atoms with Gasteiger partial charge in [0, 0.05) is 5.69 Å². The lowest BCUT2D eigenvalue weighted by atomic mass is 9.98. The van der Waals surface area contributed by atoms with E-state index in [-0.39, 0.29) is 5.56 Å². The Kier molecular flexibility index (Phi) is 4.76. The fourth-order valence-corrected chi connectivity index (χ4v) is 2.09. The number of carboxylic acids is 1. The van der Waals surface area contributed by atoms with Crippen molar-refractivity contribution in [3.63, 3.8) is 0 Å². The number of benzene rings is 1. The summed E-state index contributed by atoms with van der Waals surface area (Å²) in [4.78, 5) is 10.7. The molecule has 0 amide bonds. The summed E-state index contributed by atoms with van der Waals surface area (Å²) in [6, 6.07) is 5.69. The molecule has 1 saturated heterocycles. The van der Waals surface area contributed by atoms with Gasteiger partial charge in [0.15, 0.2) is 6.23 Å². The van der Waals surface area contributed by atoms with Gasteiger partial charge in [-0.2, -0.15) is 0 Å². The van der Waals surface area contributed by atoms with Gasteiger partial charge in [0.05, 0.1) is 12.2 Å². The predicted octanol–water partition coefficient (Wildman–Crippen LogP) is -1.40. The summed E-state index contributed by atoms with van der Waals surface area (Å²) in [5, 5.41) is 49.8. The molecule has 0 spiro atoms. The maximum absolute atomic E-state index is 10.7. The number of aliphatic hydroxyl groups excluding tert-OH is 4. The fraction of sp³-hybridized carbons (Fsp3) is 0.462. The van der Waals surface area contributed by atoms with Crippen LogP contribution in [0.1, 0.15) is 10.4 Å². The van der Waals surface area contributed by atoms with E-state index in [4.69, 9.17) is 14.9 Å². The number of aromatic carboxylic acids is 1. The first-order valence-corrected chi connectivity index (χ1v) is 6.34. The minimum Gasteiger partial charge on any atom is -0.478 e. The van der Waals surface area contributed by atoms with E-state index < -0.39 is 43.2 Å². The van der Waals surface area contributed by atoms with Crippen LogP contribution in [0.2, 0.25) is 0 Å². The first-order chi connectivity index (χ1) is 9.93. The average molecular weight is 299 g/mol. The minimum atomic E-state index is -1.47. The van der Waals surface area contributed by atoms with Gasteiger partial charge in [-0.05, 0) is 24.3 Å². The van der Waals surface area contributed by atoms with E-state index in [1.807, 2.05) is 0 Å². The van der Waals surface area contributed by atoms with Crippen molar-refractivity contribution in [2.24, 2.45) is 0 Å². The van der Waals surface area contributed by atoms with E-state index in [9.17, 15) is 20.1 Å². The van der Waals surface area contributed by atoms with Crippen LogP contribution < -0.4 is 5.32 Å². The second-order valence-corrected chi connectivity index (χ2v) is 4.78. The summed E-state index contributed by atoms with van der Waals surface area (Å²) in [6.07, 6.45) is -6.33. The number of aliphatic hydroxyl groups is 4. The van der Waals surface area contributed by atoms with Crippen LogP contribution in [0.25, 0.3) is 0 Å². The van der Waals surface area contributed by atoms with Crippen LogP contribution in [-0.4, -0.2) is 68.8 Å². The molecular weight excluding hydrogens is 282 g/mol. The smallest absolute Gasteiger partial charge is 0.335 e. The number of rotatable bonds is 4. The number of anilines is 1. The van der Waals surface area contributed by atoms with E-state index in [1.165, 1.54) is 24.3 Å². The SMILES string of the molecule is O=C(O)c1ccc(N[C@@H]2O[C@H](CO)[C@@H](O)[C@H](O)[C@H]2O)cc1. The van der Waals surface area contributed by atoms with Crippen LogP contribution in [0.15, 0.2) is 24.3 Å². The number of carboxylic acid groups (broad SMARTS) is 1. The summed E-state index contributed by atoms with van der Waals surface area (Å²) in [7, 11) is 0. The molecule has 0 unspecified atom stereocenters. The van der Waals surface area contributed by atoms with Gasteiger partial charge >= 0.3 is 5.97 Å². The third kappa shape index (κ3) is 3.31. The van der Waals surface area contributed by atoms with Crippen LogP contribution in [0.5, 0.6) is 0 Å². The standard InChI is InChI=1S/C13H17NO7/c15-5-8-9(16)10(17)11(18)12(21-8)14-7-3-1-6(2-4-7)13(19)20/h1-4,8-12,14-18H,5H2,(H,19,20)/t8-,9-,10+,11-,12-/m1/s1. The number of hydrogen-bond donors (Lipinski definition) is 6. The Bertz CT molecular complexity index is 490. The highest BCUT2D eigenvalue weighted by atomic mass is 16.6. The Balaban J connectivity index is 2.08. The summed E-state index contributed by atoms with van der Waals surface area (Å²) < 4.78 is 5.27. The van der Waals surface area contributed by atoms with E-state index in [0.29, 0.717) is 5.69 Å². The lowest BCUT2D eigenvalue weighted by molar-refractivity contribution is -0.221. The molecule has 1 aromatic carbocycles. The number of ether oxygens (including phenoxy) is 1. The Morgan fingerprint density at radius 1 is 1.10 bits per heavy atom. The van der Waals surface area contributed by atoms with Gasteiger partial charge < -0.3 is 35.6 Å². The van der Waals surface area contributed by atoms with Gasteiger partial charge in [-0.1, -0.05) is 0 Å². The van der Waals surface area contributed by atoms with E-state index in [0.717, 1.165) is 0 Å². The second-order valence-electron chi connectivity index (χ2n) is 4.78. The summed E-state index contributed by atoms with van der Waals surface area (Å²) >= 11 is 0. The molecule has 1 aliphatic heterocycles. The predicted molar refractivity (Wildman–Crippen MR) is 70.8 cm³/mol. The molecule has 8 nitrogen and oxygen atoms in total. The van der Waals surface area contributed by atoms with Gasteiger partial charge in [-0.25, -0.2) is 4.79 Å². The molecule has 0 saturated carbocycles. The normalized spacial score (nSPS) is 32.7. The lowest BCUT2D eigenvalue weighted by Crippen LogP contribution is -2.60. The molecule has 8 heteroatoms. The molecule has 1 aliphatic rings. The van der Waals surface area contributed by atoms with Crippen molar-refractivity contribution in [1.82, 2.24) is 0 Å². The Hall–Kier alpha value is -1.71. The van der Waals surface area contributed by atoms with Gasteiger partial charge in [0.2, 0.25) is 0 Å². The Morgan fingerprint density at radius 3 is 2.24 bits per heavy atom. The van der Waals surface area contributed by atoms with Crippen molar-refractivity contribution in [3.8, 4) is 0 Å². The fourth-order valence-electron chi connectivity index (χ4n) is 2.09. The zero-order valence-corrected chi connectivity index (χ0v) is 11.0. The second kappa shape index (κ2) is 6.37. The van der Waals surface area contributed by atoms with Gasteiger partial charge in [0.1, 0.15) is 24.4 Å². The maximum atomic E-state index is 10.7. The molecule has 0 aliphatic carbocycles. The molecule has 1 aromatic rings. The highest BCUT2D eigenvalue weighted by molar-refractivity contribution is 5.87. The molecule has 6 N–H and O–H groups in total. The van der Waals surface area contributed by atoms with E-state index >= 15 is 0 Å². The molecule has 0 aromatic heterocycles. The maximum Gasteiger partial charge on any atom is 0.335 e. The molecule has 0 radical (unpaired) electrons. The monoisotopic (exact) mass is 299 g/mol. The largest absolute Gasteiger partial charge is 0.478 e. The summed E-state index contributed by atoms with van der Waals surface area (Å²) in [6.45, 7) is -0.513. The van der Waals surface area contributed by atoms with Crippen molar-refractivity contribution in [2.45, 2.75) is 30.6 Å². The highest BCUT2D eigenvalue weighted by Crippen LogP contribution is 2.23. The summed E-state index contributed by atoms with van der Waals surface area (Å²) in [5.41, 5.74) is 0.568. The minimum absolute atomic E-state index is 0.106. The van der Waals surface area contributed by atoms with Crippen LogP contribution in [0.3, 0.4) is 0 Å². The van der Waals surface area contributed by atoms with Crippen molar-refractivity contribution < 1.29 is 35.1 Å². The number of hydrogen-bond acceptors (Lipinski definition) is 7. The van der Waals surface area contributed by atoms with Crippen molar-refractivity contribution in [1.29, 1.82) is 0 Å². The number of nitrogens with one attached hydrogen (secondary N) is 1. The highest BCUT2D eigenvalue weighted by Gasteiger charge is 2.43. The first-order valence-electron chi connectivity index (χ1n) is 6.34. The van der Waals surface area contributed by atoms with Gasteiger partial charge in [-0.3, -0.25) is 0 Å².